The number of nitrogens with zero attached hydrogens (tertiary/aromatic N) is 1. The normalized spacial score (nSPS) is 18.5. The van der Waals surface area contributed by atoms with Gasteiger partial charge in [0.15, 0.2) is 5.78 Å². The van der Waals surface area contributed by atoms with Crippen molar-refractivity contribution < 1.29 is 19.1 Å². The van der Waals surface area contributed by atoms with E-state index in [1.165, 1.54) is 0 Å². The Bertz CT molecular complexity index is 1320. The highest BCUT2D eigenvalue weighted by atomic mass is 79.9. The van der Waals surface area contributed by atoms with Crippen LogP contribution in [0.1, 0.15) is 49.5 Å². The van der Waals surface area contributed by atoms with Crippen LogP contribution in [0.15, 0.2) is 47.1 Å². The zero-order chi connectivity index (χ0) is 25.0. The summed E-state index contributed by atoms with van der Waals surface area (Å²) in [6.07, 6.45) is 3.81. The van der Waals surface area contributed by atoms with Crippen LogP contribution in [0.3, 0.4) is 0 Å². The van der Waals surface area contributed by atoms with Gasteiger partial charge in [0.1, 0.15) is 11.4 Å². The molecule has 1 N–H and O–H groups in total. The topological polar surface area (TPSA) is 69.6 Å². The Morgan fingerprint density at radius 3 is 2.71 bits per heavy atom. The summed E-state index contributed by atoms with van der Waals surface area (Å²) in [5.41, 5.74) is 1.63. The van der Waals surface area contributed by atoms with E-state index in [0.717, 1.165) is 39.5 Å². The number of Topliss-reactive ketones (excluding diaryl/α,β-unsaturated/α-hetero) is 1. The first-order chi connectivity index (χ1) is 16.5. The van der Waals surface area contributed by atoms with Gasteiger partial charge in [-0.1, -0.05) is 33.6 Å². The first-order valence-corrected chi connectivity index (χ1v) is 12.9. The van der Waals surface area contributed by atoms with E-state index in [1.807, 2.05) is 57.3 Å². The standard InChI is InChI=1S/C27H28BrClN2O4/c1-26(2,3)35-25(33)30-27(8-9-27)15-31-13-21(20-6-4-18(28)12-22(20)31)24(32)17-10-16-11-19(29)5-7-23(16)34-14-17/h4-7,11-13,17H,8-10,14-15H2,1-3H3,(H,30,33). The van der Waals surface area contributed by atoms with Crippen molar-refractivity contribution in [3.05, 3.63) is 63.2 Å². The molecule has 2 aromatic carbocycles. The third-order valence-electron chi connectivity index (χ3n) is 6.50. The fourth-order valence-corrected chi connectivity index (χ4v) is 5.21. The molecule has 0 spiro atoms. The molecule has 2 aliphatic rings. The average Bonchev–Trinajstić information content (AvgIpc) is 3.43. The van der Waals surface area contributed by atoms with Gasteiger partial charge in [-0.3, -0.25) is 4.79 Å². The lowest BCUT2D eigenvalue weighted by atomic mass is 9.89. The van der Waals surface area contributed by atoms with Crippen molar-refractivity contribution in [2.24, 2.45) is 5.92 Å². The molecule has 0 saturated heterocycles. The van der Waals surface area contributed by atoms with Crippen LogP contribution in [0.5, 0.6) is 5.75 Å². The summed E-state index contributed by atoms with van der Waals surface area (Å²) in [7, 11) is 0. The highest BCUT2D eigenvalue weighted by Crippen LogP contribution is 2.40. The van der Waals surface area contributed by atoms with Crippen LogP contribution in [-0.4, -0.2) is 34.2 Å². The van der Waals surface area contributed by atoms with Gasteiger partial charge in [-0.05, 0) is 75.9 Å². The van der Waals surface area contributed by atoms with E-state index in [4.69, 9.17) is 21.1 Å². The number of hydrogen-bond donors (Lipinski definition) is 1. The molecule has 1 aromatic heterocycles. The summed E-state index contributed by atoms with van der Waals surface area (Å²) in [5.74, 6) is 0.541. The molecule has 1 unspecified atom stereocenters. The van der Waals surface area contributed by atoms with Crippen molar-refractivity contribution in [2.75, 3.05) is 6.61 Å². The number of ketones is 1. The highest BCUT2D eigenvalue weighted by Gasteiger charge is 2.45. The van der Waals surface area contributed by atoms with Gasteiger partial charge in [-0.25, -0.2) is 4.79 Å². The van der Waals surface area contributed by atoms with Gasteiger partial charge < -0.3 is 19.4 Å². The minimum absolute atomic E-state index is 0.0478. The predicted molar refractivity (Wildman–Crippen MR) is 139 cm³/mol. The minimum Gasteiger partial charge on any atom is -0.493 e. The van der Waals surface area contributed by atoms with Crippen LogP contribution in [0, 0.1) is 5.92 Å². The van der Waals surface area contributed by atoms with Crippen molar-refractivity contribution in [3.63, 3.8) is 0 Å². The number of carbonyl (C=O) groups is 2. The Morgan fingerprint density at radius 2 is 2.00 bits per heavy atom. The Balaban J connectivity index is 1.42. The van der Waals surface area contributed by atoms with Gasteiger partial charge in [0.2, 0.25) is 0 Å². The van der Waals surface area contributed by atoms with Crippen LogP contribution in [0.2, 0.25) is 5.02 Å². The molecule has 0 bridgehead atoms. The van der Waals surface area contributed by atoms with Gasteiger partial charge in [0.25, 0.3) is 0 Å². The third-order valence-corrected chi connectivity index (χ3v) is 7.23. The maximum Gasteiger partial charge on any atom is 0.408 e. The molecule has 35 heavy (non-hydrogen) atoms. The summed E-state index contributed by atoms with van der Waals surface area (Å²) >= 11 is 9.73. The number of amides is 1. The maximum absolute atomic E-state index is 13.7. The summed E-state index contributed by atoms with van der Waals surface area (Å²) in [6.45, 7) is 6.44. The number of carbonyl (C=O) groups excluding carboxylic acids is 2. The number of ether oxygens (including phenoxy) is 2. The molecule has 1 atom stereocenters. The quantitative estimate of drug-likeness (QED) is 0.360. The van der Waals surface area contributed by atoms with Crippen LogP contribution in [-0.2, 0) is 17.7 Å². The fourth-order valence-electron chi connectivity index (χ4n) is 4.66. The zero-order valence-electron chi connectivity index (χ0n) is 20.0. The molecule has 5 rings (SSSR count). The number of fused-ring (bicyclic) bond motifs is 2. The number of nitrogens with one attached hydrogen (secondary N) is 1. The van der Waals surface area contributed by atoms with Gasteiger partial charge >= 0.3 is 6.09 Å². The average molecular weight is 560 g/mol. The Kier molecular flexibility index (Phi) is 6.12. The number of halogens is 2. The Labute approximate surface area is 218 Å². The molecule has 1 aliphatic carbocycles. The number of aromatic nitrogens is 1. The lowest BCUT2D eigenvalue weighted by Crippen LogP contribution is -2.43. The summed E-state index contributed by atoms with van der Waals surface area (Å²) in [5, 5.41) is 4.58. The van der Waals surface area contributed by atoms with E-state index in [1.54, 1.807) is 6.07 Å². The molecule has 2 heterocycles. The lowest BCUT2D eigenvalue weighted by Gasteiger charge is -2.24. The van der Waals surface area contributed by atoms with Gasteiger partial charge in [-0.2, -0.15) is 0 Å². The highest BCUT2D eigenvalue weighted by molar-refractivity contribution is 9.10. The molecular formula is C27H28BrClN2O4. The molecule has 3 aromatic rings. The van der Waals surface area contributed by atoms with Crippen molar-refractivity contribution in [3.8, 4) is 5.75 Å². The monoisotopic (exact) mass is 558 g/mol. The van der Waals surface area contributed by atoms with Crippen LogP contribution < -0.4 is 10.1 Å². The predicted octanol–water partition coefficient (Wildman–Crippen LogP) is 6.55. The Morgan fingerprint density at radius 1 is 1.23 bits per heavy atom. The van der Waals surface area contributed by atoms with Crippen LogP contribution >= 0.6 is 27.5 Å². The van der Waals surface area contributed by atoms with E-state index in [-0.39, 0.29) is 17.2 Å². The van der Waals surface area contributed by atoms with E-state index < -0.39 is 11.7 Å². The number of rotatable bonds is 5. The van der Waals surface area contributed by atoms with Gasteiger partial charge in [0, 0.05) is 38.7 Å². The molecule has 1 amide bonds. The minimum atomic E-state index is -0.560. The van der Waals surface area contributed by atoms with Crippen molar-refractivity contribution in [1.29, 1.82) is 0 Å². The van der Waals surface area contributed by atoms with Crippen LogP contribution in [0.4, 0.5) is 4.79 Å². The van der Waals surface area contributed by atoms with E-state index in [9.17, 15) is 9.59 Å². The first-order valence-electron chi connectivity index (χ1n) is 11.8. The van der Waals surface area contributed by atoms with Crippen molar-refractivity contribution in [1.82, 2.24) is 9.88 Å². The van der Waals surface area contributed by atoms with E-state index in [2.05, 4.69) is 25.8 Å². The fraction of sp³-hybridized carbons (Fsp3) is 0.407. The molecular weight excluding hydrogens is 532 g/mol. The molecule has 0 radical (unpaired) electrons. The molecule has 6 nitrogen and oxygen atoms in total. The largest absolute Gasteiger partial charge is 0.493 e. The van der Waals surface area contributed by atoms with E-state index in [0.29, 0.717) is 30.2 Å². The van der Waals surface area contributed by atoms with Crippen molar-refractivity contribution >= 4 is 50.3 Å². The molecule has 1 saturated carbocycles. The first kappa shape index (κ1) is 24.2. The number of alkyl carbamates (subject to hydrolysis) is 1. The van der Waals surface area contributed by atoms with Gasteiger partial charge in [-0.15, -0.1) is 0 Å². The van der Waals surface area contributed by atoms with Crippen molar-refractivity contribution in [2.45, 2.75) is 57.7 Å². The summed E-state index contributed by atoms with van der Waals surface area (Å²) in [6, 6.07) is 11.5. The smallest absolute Gasteiger partial charge is 0.408 e. The Hall–Kier alpha value is -2.51. The third kappa shape index (κ3) is 5.21. The molecule has 8 heteroatoms. The summed E-state index contributed by atoms with van der Waals surface area (Å²) in [4.78, 5) is 26.1. The second-order valence-corrected chi connectivity index (χ2v) is 11.9. The van der Waals surface area contributed by atoms with Gasteiger partial charge in [0.05, 0.1) is 18.1 Å². The molecule has 184 valence electrons. The lowest BCUT2D eigenvalue weighted by molar-refractivity contribution is 0.0490. The second kappa shape index (κ2) is 8.86. The zero-order valence-corrected chi connectivity index (χ0v) is 22.3. The SMILES string of the molecule is CC(C)(C)OC(=O)NC1(Cn2cc(C(=O)C3COc4ccc(Cl)cc4C3)c3ccc(Br)cc32)CC1. The maximum atomic E-state index is 13.7. The second-order valence-electron chi connectivity index (χ2n) is 10.6. The van der Waals surface area contributed by atoms with E-state index >= 15 is 0 Å². The summed E-state index contributed by atoms with van der Waals surface area (Å²) < 4.78 is 14.4. The number of benzene rings is 2. The molecule has 1 fully saturated rings. The van der Waals surface area contributed by atoms with Crippen LogP contribution in [0.25, 0.3) is 10.9 Å². The molecule has 1 aliphatic heterocycles. The number of hydrogen-bond acceptors (Lipinski definition) is 4.